The molecule has 1 aliphatic rings. The average molecular weight is 324 g/mol. The van der Waals surface area contributed by atoms with Crippen molar-refractivity contribution in [2.24, 2.45) is 0 Å². The third-order valence-corrected chi connectivity index (χ3v) is 5.58. The molecular weight excluding hydrogens is 309 g/mol. The molecule has 0 aliphatic heterocycles. The van der Waals surface area contributed by atoms with Gasteiger partial charge in [-0.2, -0.15) is 4.31 Å². The van der Waals surface area contributed by atoms with Crippen molar-refractivity contribution < 1.29 is 13.2 Å². The highest BCUT2D eigenvalue weighted by Crippen LogP contribution is 2.37. The van der Waals surface area contributed by atoms with Gasteiger partial charge in [0, 0.05) is 23.7 Å². The summed E-state index contributed by atoms with van der Waals surface area (Å²) in [7, 11) is -0.605. The Morgan fingerprint density at radius 1 is 1.42 bits per heavy atom. The second-order valence-corrected chi connectivity index (χ2v) is 7.15. The molecule has 0 radical (unpaired) electrons. The molecule has 0 atom stereocenters. The van der Waals surface area contributed by atoms with Crippen LogP contribution in [0.25, 0.3) is 0 Å². The van der Waals surface area contributed by atoms with Crippen molar-refractivity contribution in [1.29, 1.82) is 0 Å². The van der Waals surface area contributed by atoms with Crippen LogP contribution in [0.5, 0.6) is 5.75 Å². The van der Waals surface area contributed by atoms with Gasteiger partial charge in [-0.1, -0.05) is 11.6 Å². The topological polar surface area (TPSA) is 46.6 Å². The zero-order chi connectivity index (χ0) is 14.2. The number of sulfonamides is 1. The average Bonchev–Trinajstić information content (AvgIpc) is 3.20. The maximum atomic E-state index is 12.6. The van der Waals surface area contributed by atoms with Gasteiger partial charge in [0.15, 0.2) is 0 Å². The van der Waals surface area contributed by atoms with E-state index in [0.717, 1.165) is 12.8 Å². The summed E-state index contributed by atoms with van der Waals surface area (Å²) in [6.45, 7) is 0. The summed E-state index contributed by atoms with van der Waals surface area (Å²) in [6.07, 6.45) is 1.78. The van der Waals surface area contributed by atoms with Crippen molar-refractivity contribution in [2.45, 2.75) is 29.7 Å². The number of rotatable bonds is 5. The van der Waals surface area contributed by atoms with Gasteiger partial charge in [0.25, 0.3) is 0 Å². The summed E-state index contributed by atoms with van der Waals surface area (Å²) in [5, 5.41) is 0.333. The lowest BCUT2D eigenvalue weighted by atomic mass is 10.2. The van der Waals surface area contributed by atoms with E-state index in [0.29, 0.717) is 10.6 Å². The number of hydrogen-bond donors (Lipinski definition) is 0. The predicted molar refractivity (Wildman–Crippen MR) is 75.5 cm³/mol. The molecule has 2 rings (SSSR count). The number of ether oxygens (including phenoxy) is 1. The molecule has 0 bridgehead atoms. The van der Waals surface area contributed by atoms with Gasteiger partial charge in [0.2, 0.25) is 10.0 Å². The summed E-state index contributed by atoms with van der Waals surface area (Å²) < 4.78 is 31.7. The van der Waals surface area contributed by atoms with Gasteiger partial charge in [-0.3, -0.25) is 0 Å². The third-order valence-electron chi connectivity index (χ3n) is 3.16. The summed E-state index contributed by atoms with van der Waals surface area (Å²) >= 11 is 11.8. The van der Waals surface area contributed by atoms with E-state index < -0.39 is 10.0 Å². The van der Waals surface area contributed by atoms with Crippen LogP contribution in [0.1, 0.15) is 18.4 Å². The van der Waals surface area contributed by atoms with Gasteiger partial charge in [-0.05, 0) is 25.0 Å². The summed E-state index contributed by atoms with van der Waals surface area (Å²) in [5.74, 6) is 0.409. The van der Waals surface area contributed by atoms with Crippen LogP contribution >= 0.6 is 23.2 Å². The van der Waals surface area contributed by atoms with Crippen LogP contribution in [0, 0.1) is 0 Å². The number of hydrogen-bond acceptors (Lipinski definition) is 3. The zero-order valence-corrected chi connectivity index (χ0v) is 13.0. The van der Waals surface area contributed by atoms with Gasteiger partial charge in [0.05, 0.1) is 13.0 Å². The van der Waals surface area contributed by atoms with Crippen LogP contribution < -0.4 is 4.74 Å². The normalized spacial score (nSPS) is 15.8. The Balaban J connectivity index is 2.57. The van der Waals surface area contributed by atoms with Crippen molar-refractivity contribution in [1.82, 2.24) is 4.31 Å². The minimum absolute atomic E-state index is 0.0764. The Hall–Kier alpha value is -0.490. The standard InChI is InChI=1S/C12H15Cl2NO3S/c1-15(10-3-4-10)19(16,17)11-6-9(14)5-8(7-13)12(11)18-2/h5-6,10H,3-4,7H2,1-2H3. The number of alkyl halides is 1. The van der Waals surface area contributed by atoms with Crippen LogP contribution in [0.2, 0.25) is 5.02 Å². The number of benzene rings is 1. The monoisotopic (exact) mass is 323 g/mol. The second kappa shape index (κ2) is 5.48. The first-order valence-corrected chi connectivity index (χ1v) is 8.17. The first-order chi connectivity index (χ1) is 8.91. The van der Waals surface area contributed by atoms with E-state index in [-0.39, 0.29) is 22.6 Å². The highest BCUT2D eigenvalue weighted by molar-refractivity contribution is 7.89. The van der Waals surface area contributed by atoms with Gasteiger partial charge in [-0.25, -0.2) is 8.42 Å². The molecule has 0 N–H and O–H groups in total. The highest BCUT2D eigenvalue weighted by atomic mass is 35.5. The lowest BCUT2D eigenvalue weighted by Crippen LogP contribution is -2.29. The molecule has 0 saturated heterocycles. The fraction of sp³-hybridized carbons (Fsp3) is 0.500. The SMILES string of the molecule is COc1c(CCl)cc(Cl)cc1S(=O)(=O)N(C)C1CC1. The molecular formula is C12H15Cl2NO3S. The molecule has 0 amide bonds. The number of methoxy groups -OCH3 is 1. The van der Waals surface area contributed by atoms with Crippen LogP contribution in [0.4, 0.5) is 0 Å². The van der Waals surface area contributed by atoms with Gasteiger partial charge in [0.1, 0.15) is 10.6 Å². The van der Waals surface area contributed by atoms with E-state index in [4.69, 9.17) is 27.9 Å². The van der Waals surface area contributed by atoms with Crippen molar-refractivity contribution in [3.63, 3.8) is 0 Å². The quantitative estimate of drug-likeness (QED) is 0.783. The molecule has 0 heterocycles. The summed E-state index contributed by atoms with van der Waals surface area (Å²) in [6, 6.07) is 3.10. The van der Waals surface area contributed by atoms with E-state index in [1.807, 2.05) is 0 Å². The maximum Gasteiger partial charge on any atom is 0.246 e. The van der Waals surface area contributed by atoms with Crippen molar-refractivity contribution in [2.75, 3.05) is 14.2 Å². The third kappa shape index (κ3) is 2.84. The molecule has 1 aliphatic carbocycles. The van der Waals surface area contributed by atoms with Crippen molar-refractivity contribution in [3.8, 4) is 5.75 Å². The van der Waals surface area contributed by atoms with E-state index in [1.54, 1.807) is 13.1 Å². The van der Waals surface area contributed by atoms with Crippen LogP contribution in [-0.4, -0.2) is 32.9 Å². The Kier molecular flexibility index (Phi) is 4.30. The fourth-order valence-electron chi connectivity index (χ4n) is 1.93. The zero-order valence-electron chi connectivity index (χ0n) is 10.7. The van der Waals surface area contributed by atoms with E-state index in [9.17, 15) is 8.42 Å². The molecule has 1 aromatic rings. The summed E-state index contributed by atoms with van der Waals surface area (Å²) in [4.78, 5) is 0.0764. The molecule has 1 aromatic carbocycles. The highest BCUT2D eigenvalue weighted by Gasteiger charge is 2.37. The van der Waals surface area contributed by atoms with Crippen molar-refractivity contribution in [3.05, 3.63) is 22.7 Å². The Morgan fingerprint density at radius 2 is 2.05 bits per heavy atom. The lowest BCUT2D eigenvalue weighted by Gasteiger charge is -2.19. The summed E-state index contributed by atoms with van der Waals surface area (Å²) in [5.41, 5.74) is 0.569. The fourth-order valence-corrected chi connectivity index (χ4v) is 4.08. The molecule has 106 valence electrons. The van der Waals surface area contributed by atoms with Gasteiger partial charge < -0.3 is 4.74 Å². The van der Waals surface area contributed by atoms with Crippen LogP contribution in [-0.2, 0) is 15.9 Å². The number of nitrogens with zero attached hydrogens (tertiary/aromatic N) is 1. The number of halogens is 2. The van der Waals surface area contributed by atoms with E-state index in [1.165, 1.54) is 17.5 Å². The lowest BCUT2D eigenvalue weighted by molar-refractivity contribution is 0.394. The van der Waals surface area contributed by atoms with Crippen LogP contribution in [0.15, 0.2) is 17.0 Å². The molecule has 0 aromatic heterocycles. The van der Waals surface area contributed by atoms with E-state index >= 15 is 0 Å². The second-order valence-electron chi connectivity index (χ2n) is 4.48. The van der Waals surface area contributed by atoms with Crippen LogP contribution in [0.3, 0.4) is 0 Å². The van der Waals surface area contributed by atoms with Crippen molar-refractivity contribution >= 4 is 33.2 Å². The minimum Gasteiger partial charge on any atom is -0.495 e. The first-order valence-electron chi connectivity index (χ1n) is 5.82. The molecule has 7 heteroatoms. The molecule has 1 saturated carbocycles. The Bertz CT molecular complexity index is 585. The van der Waals surface area contributed by atoms with Gasteiger partial charge in [-0.15, -0.1) is 11.6 Å². The smallest absolute Gasteiger partial charge is 0.246 e. The molecule has 19 heavy (non-hydrogen) atoms. The van der Waals surface area contributed by atoms with Gasteiger partial charge >= 0.3 is 0 Å². The molecule has 0 spiro atoms. The Labute approximate surface area is 123 Å². The molecule has 0 unspecified atom stereocenters. The Morgan fingerprint density at radius 3 is 2.53 bits per heavy atom. The maximum absolute atomic E-state index is 12.6. The predicted octanol–water partition coefficient (Wildman–Crippen LogP) is 2.87. The minimum atomic E-state index is -3.61. The molecule has 1 fully saturated rings. The molecule has 4 nitrogen and oxygen atoms in total. The van der Waals surface area contributed by atoms with E-state index in [2.05, 4.69) is 0 Å². The largest absolute Gasteiger partial charge is 0.495 e. The first kappa shape index (κ1) is 14.9.